The Morgan fingerprint density at radius 2 is 0.913 bits per heavy atom. The molecule has 0 saturated heterocycles. The van der Waals surface area contributed by atoms with Gasteiger partial charge in [0, 0.05) is 0 Å². The number of carbonyl (C=O) groups excluding carboxylic acids is 4. The van der Waals surface area contributed by atoms with Crippen molar-refractivity contribution in [3.05, 3.63) is 27.8 Å². The predicted molar refractivity (Wildman–Crippen MR) is 72.1 cm³/mol. The van der Waals surface area contributed by atoms with Crippen molar-refractivity contribution in [2.24, 2.45) is 0 Å². The van der Waals surface area contributed by atoms with E-state index in [1.807, 2.05) is 0 Å². The molecule has 0 fully saturated rings. The van der Waals surface area contributed by atoms with Crippen molar-refractivity contribution in [2.45, 2.75) is 6.92 Å². The van der Waals surface area contributed by atoms with Crippen LogP contribution in [0.2, 0.25) is 0 Å². The number of esters is 4. The molecule has 0 aromatic heterocycles. The van der Waals surface area contributed by atoms with Crippen molar-refractivity contribution in [2.75, 3.05) is 28.4 Å². The Morgan fingerprint density at radius 3 is 1.13 bits per heavy atom. The van der Waals surface area contributed by atoms with Crippen molar-refractivity contribution in [1.82, 2.24) is 0 Å². The minimum Gasteiger partial charge on any atom is -0.500 e. The Morgan fingerprint density at radius 1 is 0.652 bits per heavy atom. The molecule has 1 aromatic rings. The van der Waals surface area contributed by atoms with Crippen LogP contribution in [0.1, 0.15) is 47.0 Å². The van der Waals surface area contributed by atoms with Gasteiger partial charge in [0.15, 0.2) is 0 Å². The van der Waals surface area contributed by atoms with E-state index in [9.17, 15) is 19.2 Å². The molecule has 0 radical (unpaired) electrons. The minimum absolute atomic E-state index is 0. The van der Waals surface area contributed by atoms with E-state index in [1.165, 1.54) is 6.92 Å². The third-order valence-electron chi connectivity index (χ3n) is 3.06. The van der Waals surface area contributed by atoms with Gasteiger partial charge >= 0.3 is 29.6 Å². The van der Waals surface area contributed by atoms with E-state index in [4.69, 9.17) is 0 Å². The molecule has 0 aliphatic rings. The average molecular weight is 334 g/mol. The summed E-state index contributed by atoms with van der Waals surface area (Å²) in [5.41, 5.74) is -1.19. The average Bonchev–Trinajstić information content (AvgIpc) is 2.84. The van der Waals surface area contributed by atoms with Crippen LogP contribution in [0.3, 0.4) is 0 Å². The van der Waals surface area contributed by atoms with Crippen molar-refractivity contribution in [1.29, 1.82) is 0 Å². The molecule has 0 N–H and O–H groups in total. The third kappa shape index (κ3) is 3.77. The number of carbonyl (C=O) groups is 4. The maximum absolute atomic E-state index is 12.0. The van der Waals surface area contributed by atoms with Gasteiger partial charge in [-0.15, -0.1) is 5.56 Å². The molecule has 0 spiro atoms. The summed E-state index contributed by atoms with van der Waals surface area (Å²) in [6, 6.07) is 0. The Bertz CT molecular complexity index is 590. The summed E-state index contributed by atoms with van der Waals surface area (Å²) in [4.78, 5) is 47.8. The fourth-order valence-corrected chi connectivity index (χ4v) is 2.08. The summed E-state index contributed by atoms with van der Waals surface area (Å²) in [5.74, 6) is -3.73. The maximum Gasteiger partial charge on any atom is 1.00 e. The first kappa shape index (κ1) is 21.2. The van der Waals surface area contributed by atoms with Crippen molar-refractivity contribution in [3.8, 4) is 0 Å². The Labute approximate surface area is 154 Å². The molecular formula is C14H15NaO8. The number of ether oxygens (including phenoxy) is 4. The second kappa shape index (κ2) is 8.76. The molecule has 1 aromatic carbocycles. The molecule has 0 atom stereocenters. The molecule has 0 aliphatic heterocycles. The molecule has 120 valence electrons. The van der Waals surface area contributed by atoms with Gasteiger partial charge in [0.2, 0.25) is 0 Å². The molecule has 0 bridgehead atoms. The van der Waals surface area contributed by atoms with E-state index in [0.29, 0.717) is 0 Å². The molecule has 9 heteroatoms. The monoisotopic (exact) mass is 334 g/mol. The van der Waals surface area contributed by atoms with Crippen LogP contribution in [0.25, 0.3) is 0 Å². The van der Waals surface area contributed by atoms with Gasteiger partial charge in [0.25, 0.3) is 23.9 Å². The van der Waals surface area contributed by atoms with Crippen molar-refractivity contribution >= 4 is 23.9 Å². The number of methoxy groups -OCH3 is 4. The first-order valence-electron chi connectivity index (χ1n) is 6.02. The van der Waals surface area contributed by atoms with E-state index in [0.717, 1.165) is 28.4 Å². The van der Waals surface area contributed by atoms with Crippen LogP contribution < -0.4 is 29.6 Å². The van der Waals surface area contributed by atoms with Gasteiger partial charge < -0.3 is 18.9 Å². The zero-order valence-corrected chi connectivity index (χ0v) is 15.8. The molecule has 1 rings (SSSR count). The maximum atomic E-state index is 12.0. The molecule has 0 aliphatic carbocycles. The fourth-order valence-electron chi connectivity index (χ4n) is 2.08. The summed E-state index contributed by atoms with van der Waals surface area (Å²) in [7, 11) is 4.35. The molecule has 8 nitrogen and oxygen atoms in total. The van der Waals surface area contributed by atoms with E-state index >= 15 is 0 Å². The van der Waals surface area contributed by atoms with Gasteiger partial charge in [-0.25, -0.2) is 0 Å². The van der Waals surface area contributed by atoms with E-state index in [1.54, 1.807) is 0 Å². The molecule has 0 amide bonds. The quantitative estimate of drug-likeness (QED) is 0.266. The van der Waals surface area contributed by atoms with Crippen LogP contribution in [-0.2, 0) is 18.9 Å². The van der Waals surface area contributed by atoms with E-state index in [2.05, 4.69) is 18.9 Å². The largest absolute Gasteiger partial charge is 1.00 e. The smallest absolute Gasteiger partial charge is 0.500 e. The Kier molecular flexibility index (Phi) is 8.08. The van der Waals surface area contributed by atoms with Gasteiger partial charge in [0.05, 0.1) is 28.4 Å². The van der Waals surface area contributed by atoms with Crippen LogP contribution in [0.4, 0.5) is 0 Å². The first-order chi connectivity index (χ1) is 10.3. The van der Waals surface area contributed by atoms with Crippen LogP contribution in [-0.4, -0.2) is 52.3 Å². The predicted octanol–water partition coefficient (Wildman–Crippen LogP) is -2.14. The minimum atomic E-state index is -0.973. The Hall–Kier alpha value is -1.77. The Balaban J connectivity index is 0.00000484. The van der Waals surface area contributed by atoms with Gasteiger partial charge in [-0.05, 0) is 22.3 Å². The second-order valence-corrected chi connectivity index (χ2v) is 4.09. The number of hydrogen-bond donors (Lipinski definition) is 0. The van der Waals surface area contributed by atoms with Gasteiger partial charge in [-0.2, -0.15) is 0 Å². The molecule has 0 heterocycles. The zero-order valence-electron chi connectivity index (χ0n) is 13.8. The first-order valence-corrected chi connectivity index (χ1v) is 6.02. The summed E-state index contributed by atoms with van der Waals surface area (Å²) in [6.07, 6.45) is 0. The molecule has 23 heavy (non-hydrogen) atoms. The van der Waals surface area contributed by atoms with Gasteiger partial charge in [-0.1, -0.05) is 6.92 Å². The number of rotatable bonds is 4. The fraction of sp³-hybridized carbons (Fsp3) is 0.357. The third-order valence-corrected chi connectivity index (χ3v) is 3.06. The van der Waals surface area contributed by atoms with Crippen LogP contribution in [0.5, 0.6) is 0 Å². The molecule has 0 saturated carbocycles. The van der Waals surface area contributed by atoms with Crippen molar-refractivity contribution in [3.63, 3.8) is 0 Å². The summed E-state index contributed by atoms with van der Waals surface area (Å²) >= 11 is 0. The topological polar surface area (TPSA) is 105 Å². The molecule has 0 unspecified atom stereocenters. The SMILES string of the molecule is COC(=O)c1c(C(=O)OC)c(C(=O)OC)[c-](C)c1C(=O)OC.[Na+]. The summed E-state index contributed by atoms with van der Waals surface area (Å²) in [6.45, 7) is 1.39. The second-order valence-electron chi connectivity index (χ2n) is 4.09. The van der Waals surface area contributed by atoms with Gasteiger partial charge in [-0.3, -0.25) is 19.2 Å². The summed E-state index contributed by atoms with van der Waals surface area (Å²) in [5, 5.41) is 0. The van der Waals surface area contributed by atoms with E-state index < -0.39 is 23.9 Å². The molecular weight excluding hydrogens is 319 g/mol. The number of hydrogen-bond acceptors (Lipinski definition) is 8. The van der Waals surface area contributed by atoms with E-state index in [-0.39, 0.29) is 57.4 Å². The standard InChI is InChI=1S/C14H15O8.Na/c1-6-7(11(15)19-2)9(13(17)21-4)10(14(18)22-5)8(6)12(16)20-3;/h1-5H3;/q-1;+1. The zero-order chi connectivity index (χ0) is 17.0. The normalized spacial score (nSPS) is 9.43. The van der Waals surface area contributed by atoms with Crippen LogP contribution in [0.15, 0.2) is 0 Å². The van der Waals surface area contributed by atoms with Crippen LogP contribution in [0, 0.1) is 6.92 Å². The summed E-state index contributed by atoms with van der Waals surface area (Å²) < 4.78 is 18.4. The van der Waals surface area contributed by atoms with Crippen LogP contribution >= 0.6 is 0 Å². The van der Waals surface area contributed by atoms with Gasteiger partial charge in [0.1, 0.15) is 0 Å². The van der Waals surface area contributed by atoms with Crippen molar-refractivity contribution < 1.29 is 67.7 Å².